The molecule has 31 heavy (non-hydrogen) atoms. The first-order valence-corrected chi connectivity index (χ1v) is 10.9. The maximum Gasteiger partial charge on any atom is 0.293 e. The van der Waals surface area contributed by atoms with Gasteiger partial charge in [-0.1, -0.05) is 12.1 Å². The molecule has 0 bridgehead atoms. The van der Waals surface area contributed by atoms with Crippen LogP contribution in [0, 0.1) is 0 Å². The molecule has 0 aliphatic rings. The number of rotatable bonds is 7. The molecule has 7 heteroatoms. The lowest BCUT2D eigenvalue weighted by molar-refractivity contribution is 0.0965. The van der Waals surface area contributed by atoms with Crippen molar-refractivity contribution >= 4 is 44.8 Å². The third kappa shape index (κ3) is 5.17. The first kappa shape index (κ1) is 22.6. The van der Waals surface area contributed by atoms with Gasteiger partial charge in [0.15, 0.2) is 10.4 Å². The van der Waals surface area contributed by atoms with Gasteiger partial charge in [-0.3, -0.25) is 9.59 Å². The van der Waals surface area contributed by atoms with Crippen LogP contribution in [0.4, 0.5) is 17.1 Å². The lowest BCUT2D eigenvalue weighted by atomic mass is 10.1. The Morgan fingerprint density at radius 2 is 1.71 bits per heavy atom. The molecule has 0 unspecified atom stereocenters. The van der Waals surface area contributed by atoms with Crippen LogP contribution in [0.15, 0.2) is 69.8 Å². The molecule has 3 aromatic rings. The number of amides is 2. The molecule has 0 fully saturated rings. The van der Waals surface area contributed by atoms with Gasteiger partial charge in [-0.25, -0.2) is 0 Å². The van der Waals surface area contributed by atoms with Crippen LogP contribution in [0.2, 0.25) is 0 Å². The Labute approximate surface area is 191 Å². The largest absolute Gasteiger partial charge is 0.444 e. The number of furan rings is 1. The molecule has 0 spiro atoms. The fourth-order valence-electron chi connectivity index (χ4n) is 3.44. The van der Waals surface area contributed by atoms with E-state index in [1.807, 2.05) is 24.3 Å². The van der Waals surface area contributed by atoms with E-state index in [4.69, 9.17) is 4.42 Å². The summed E-state index contributed by atoms with van der Waals surface area (Å²) in [5, 5.41) is 2.92. The van der Waals surface area contributed by atoms with E-state index in [2.05, 4.69) is 46.9 Å². The van der Waals surface area contributed by atoms with Crippen LogP contribution in [0.5, 0.6) is 0 Å². The first-order chi connectivity index (χ1) is 14.8. The average molecular weight is 484 g/mol. The third-order valence-corrected chi connectivity index (χ3v) is 5.45. The van der Waals surface area contributed by atoms with Gasteiger partial charge in [-0.05, 0) is 85.2 Å². The molecule has 0 aliphatic heterocycles. The minimum Gasteiger partial charge on any atom is -0.444 e. The first-order valence-electron chi connectivity index (χ1n) is 10.1. The monoisotopic (exact) mass is 483 g/mol. The molecule has 0 saturated carbocycles. The lowest BCUT2D eigenvalue weighted by Gasteiger charge is -2.27. The van der Waals surface area contributed by atoms with Crippen molar-refractivity contribution < 1.29 is 14.0 Å². The Hall–Kier alpha value is -3.06. The highest BCUT2D eigenvalue weighted by Crippen LogP contribution is 2.25. The van der Waals surface area contributed by atoms with Gasteiger partial charge in [0.25, 0.3) is 11.8 Å². The number of carbonyl (C=O) groups is 2. The summed E-state index contributed by atoms with van der Waals surface area (Å²) >= 11 is 3.20. The van der Waals surface area contributed by atoms with Crippen molar-refractivity contribution in [2.75, 3.05) is 28.7 Å². The third-order valence-electron chi connectivity index (χ3n) is 5.02. The van der Waals surface area contributed by atoms with Crippen LogP contribution in [-0.4, -0.2) is 31.4 Å². The minimum absolute atomic E-state index is 0.186. The molecule has 0 atom stereocenters. The maximum atomic E-state index is 13.0. The van der Waals surface area contributed by atoms with Crippen molar-refractivity contribution in [3.63, 3.8) is 0 Å². The molecule has 1 N–H and O–H groups in total. The standard InChI is InChI=1S/C24H26BrN3O3/c1-5-28(16(2)3)18-12-10-17(11-13-18)26-23(29)19-8-6-7-9-20(19)27(4)24(30)21-14-15-22(25)31-21/h6-16H,5H2,1-4H3,(H,26,29). The van der Waals surface area contributed by atoms with Gasteiger partial charge in [0.2, 0.25) is 0 Å². The number of nitrogens with zero attached hydrogens (tertiary/aromatic N) is 2. The van der Waals surface area contributed by atoms with Gasteiger partial charge in [0, 0.05) is 31.0 Å². The SMILES string of the molecule is CCN(c1ccc(NC(=O)c2ccccc2N(C)C(=O)c2ccc(Br)o2)cc1)C(C)C. The quantitative estimate of drug-likeness (QED) is 0.460. The van der Waals surface area contributed by atoms with Crippen molar-refractivity contribution in [1.82, 2.24) is 0 Å². The molecule has 3 rings (SSSR count). The topological polar surface area (TPSA) is 65.8 Å². The zero-order valence-electron chi connectivity index (χ0n) is 18.1. The number of halogens is 1. The molecule has 2 aromatic carbocycles. The van der Waals surface area contributed by atoms with E-state index in [0.29, 0.717) is 27.6 Å². The van der Waals surface area contributed by atoms with Crippen LogP contribution in [0.25, 0.3) is 0 Å². The molecule has 1 aromatic heterocycles. The van der Waals surface area contributed by atoms with Gasteiger partial charge in [-0.15, -0.1) is 0 Å². The summed E-state index contributed by atoms with van der Waals surface area (Å²) in [7, 11) is 1.62. The van der Waals surface area contributed by atoms with Crippen LogP contribution in [0.3, 0.4) is 0 Å². The normalized spacial score (nSPS) is 10.8. The molecule has 1 heterocycles. The second kappa shape index (κ2) is 9.83. The average Bonchev–Trinajstić information content (AvgIpc) is 3.20. The van der Waals surface area contributed by atoms with Crippen molar-refractivity contribution in [2.45, 2.75) is 26.8 Å². The summed E-state index contributed by atoms with van der Waals surface area (Å²) < 4.78 is 5.83. The summed E-state index contributed by atoms with van der Waals surface area (Å²) in [6.07, 6.45) is 0. The van der Waals surface area contributed by atoms with E-state index in [0.717, 1.165) is 12.2 Å². The number of hydrogen-bond donors (Lipinski definition) is 1. The zero-order chi connectivity index (χ0) is 22.5. The number of para-hydroxylation sites is 1. The Balaban J connectivity index is 1.79. The number of anilines is 3. The highest BCUT2D eigenvalue weighted by molar-refractivity contribution is 9.10. The Bertz CT molecular complexity index is 1060. The molecule has 0 radical (unpaired) electrons. The van der Waals surface area contributed by atoms with E-state index in [-0.39, 0.29) is 17.6 Å². The highest BCUT2D eigenvalue weighted by Gasteiger charge is 2.22. The number of carbonyl (C=O) groups excluding carboxylic acids is 2. The van der Waals surface area contributed by atoms with Crippen molar-refractivity contribution in [3.05, 3.63) is 76.7 Å². The predicted octanol–water partition coefficient (Wildman–Crippen LogP) is 5.81. The maximum absolute atomic E-state index is 13.0. The Morgan fingerprint density at radius 1 is 1.03 bits per heavy atom. The molecule has 2 amide bonds. The van der Waals surface area contributed by atoms with Gasteiger partial charge in [0.1, 0.15) is 0 Å². The number of nitrogens with one attached hydrogen (secondary N) is 1. The highest BCUT2D eigenvalue weighted by atomic mass is 79.9. The predicted molar refractivity (Wildman–Crippen MR) is 128 cm³/mol. The van der Waals surface area contributed by atoms with Crippen LogP contribution in [0.1, 0.15) is 41.7 Å². The van der Waals surface area contributed by atoms with Gasteiger partial charge in [-0.2, -0.15) is 0 Å². The fourth-order valence-corrected chi connectivity index (χ4v) is 3.75. The molecule has 162 valence electrons. The van der Waals surface area contributed by atoms with Gasteiger partial charge >= 0.3 is 0 Å². The van der Waals surface area contributed by atoms with Crippen molar-refractivity contribution in [2.24, 2.45) is 0 Å². The van der Waals surface area contributed by atoms with E-state index in [1.165, 1.54) is 4.90 Å². The minimum atomic E-state index is -0.344. The fraction of sp³-hybridized carbons (Fsp3) is 0.250. The lowest BCUT2D eigenvalue weighted by Crippen LogP contribution is -2.30. The Morgan fingerprint density at radius 3 is 2.29 bits per heavy atom. The molecular weight excluding hydrogens is 458 g/mol. The summed E-state index contributed by atoms with van der Waals surface area (Å²) in [5.74, 6) is -0.450. The van der Waals surface area contributed by atoms with Crippen LogP contribution in [-0.2, 0) is 0 Å². The molecule has 0 aliphatic carbocycles. The molecular formula is C24H26BrN3O3. The second-order valence-corrected chi connectivity index (χ2v) is 8.15. The number of benzene rings is 2. The molecule has 6 nitrogen and oxygen atoms in total. The second-order valence-electron chi connectivity index (χ2n) is 7.37. The zero-order valence-corrected chi connectivity index (χ0v) is 19.6. The van der Waals surface area contributed by atoms with Gasteiger partial charge < -0.3 is 19.5 Å². The smallest absolute Gasteiger partial charge is 0.293 e. The van der Waals surface area contributed by atoms with Crippen molar-refractivity contribution in [1.29, 1.82) is 0 Å². The summed E-state index contributed by atoms with van der Waals surface area (Å²) in [4.78, 5) is 29.4. The Kier molecular flexibility index (Phi) is 7.17. The summed E-state index contributed by atoms with van der Waals surface area (Å²) in [6.45, 7) is 7.32. The molecule has 0 saturated heterocycles. The van der Waals surface area contributed by atoms with E-state index < -0.39 is 0 Å². The van der Waals surface area contributed by atoms with E-state index >= 15 is 0 Å². The van der Waals surface area contributed by atoms with Crippen LogP contribution >= 0.6 is 15.9 Å². The summed E-state index contributed by atoms with van der Waals surface area (Å²) in [5.41, 5.74) is 2.68. The van der Waals surface area contributed by atoms with E-state index in [1.54, 1.807) is 43.4 Å². The number of hydrogen-bond acceptors (Lipinski definition) is 4. The van der Waals surface area contributed by atoms with Gasteiger partial charge in [0.05, 0.1) is 11.3 Å². The van der Waals surface area contributed by atoms with E-state index in [9.17, 15) is 9.59 Å². The summed E-state index contributed by atoms with van der Waals surface area (Å²) in [6, 6.07) is 18.4. The van der Waals surface area contributed by atoms with Crippen LogP contribution < -0.4 is 15.1 Å². The van der Waals surface area contributed by atoms with Crippen molar-refractivity contribution in [3.8, 4) is 0 Å².